The van der Waals surface area contributed by atoms with E-state index in [9.17, 15) is 19.8 Å². The van der Waals surface area contributed by atoms with Gasteiger partial charge in [-0.3, -0.25) is 9.59 Å². The van der Waals surface area contributed by atoms with Crippen LogP contribution in [0.5, 0.6) is 0 Å². The van der Waals surface area contributed by atoms with Crippen molar-refractivity contribution in [2.24, 2.45) is 0 Å². The number of unbranched alkanes of at least 4 members (excludes halogenated alkanes) is 52. The molecule has 3 N–H and O–H groups in total. The molecule has 0 saturated heterocycles. The fraction of sp³-hybridized carbons (Fsp3) is 0.890. The van der Waals surface area contributed by atoms with Gasteiger partial charge in [0.25, 0.3) is 0 Å². The molecule has 6 nitrogen and oxygen atoms in total. The molecule has 0 aromatic carbocycles. The second-order valence-corrected chi connectivity index (χ2v) is 24.6. The summed E-state index contributed by atoms with van der Waals surface area (Å²) in [5.74, 6) is -0.0441. The molecular formula is C73H139NO5. The average Bonchev–Trinajstić information content (AvgIpc) is 3.45. The van der Waals surface area contributed by atoms with Crippen LogP contribution in [0.2, 0.25) is 0 Å². The van der Waals surface area contributed by atoms with Gasteiger partial charge in [0.1, 0.15) is 0 Å². The minimum Gasteiger partial charge on any atom is -0.466 e. The van der Waals surface area contributed by atoms with Crippen LogP contribution in [-0.2, 0) is 14.3 Å². The van der Waals surface area contributed by atoms with E-state index in [4.69, 9.17) is 4.74 Å². The number of aliphatic hydroxyl groups excluding tert-OH is 2. The molecule has 0 aliphatic heterocycles. The normalized spacial score (nSPS) is 12.7. The largest absolute Gasteiger partial charge is 0.466 e. The minimum absolute atomic E-state index is 0.0201. The van der Waals surface area contributed by atoms with Crippen molar-refractivity contribution in [1.82, 2.24) is 5.32 Å². The summed E-state index contributed by atoms with van der Waals surface area (Å²) in [6.45, 7) is 4.92. The smallest absolute Gasteiger partial charge is 0.305 e. The molecule has 2 unspecified atom stereocenters. The van der Waals surface area contributed by atoms with E-state index in [1.807, 2.05) is 6.08 Å². The third-order valence-electron chi connectivity index (χ3n) is 16.7. The molecule has 0 aromatic heterocycles. The molecule has 2 atom stereocenters. The zero-order valence-corrected chi connectivity index (χ0v) is 53.4. The molecule has 6 heteroatoms. The summed E-state index contributed by atoms with van der Waals surface area (Å²) in [5, 5.41) is 23.1. The lowest BCUT2D eigenvalue weighted by molar-refractivity contribution is -0.143. The maximum absolute atomic E-state index is 12.5. The van der Waals surface area contributed by atoms with Crippen LogP contribution in [-0.4, -0.2) is 47.4 Å². The summed E-state index contributed by atoms with van der Waals surface area (Å²) in [6, 6.07) is -0.624. The van der Waals surface area contributed by atoms with Crippen molar-refractivity contribution < 1.29 is 24.5 Å². The summed E-state index contributed by atoms with van der Waals surface area (Å²) in [6.07, 6.45) is 88.2. The van der Waals surface area contributed by atoms with Crippen molar-refractivity contribution >= 4 is 11.9 Å². The second kappa shape index (κ2) is 68.6. The molecule has 466 valence electrons. The summed E-state index contributed by atoms with van der Waals surface area (Å²) < 4.78 is 5.48. The number of rotatable bonds is 67. The third-order valence-corrected chi connectivity index (χ3v) is 16.7. The van der Waals surface area contributed by atoms with E-state index in [0.717, 1.165) is 44.9 Å². The Balaban J connectivity index is 3.35. The Morgan fingerprint density at radius 3 is 0.962 bits per heavy atom. The van der Waals surface area contributed by atoms with Crippen molar-refractivity contribution in [2.75, 3.05) is 13.2 Å². The van der Waals surface area contributed by atoms with E-state index in [1.54, 1.807) is 6.08 Å². The number of hydrogen-bond donors (Lipinski definition) is 3. The lowest BCUT2D eigenvalue weighted by atomic mass is 10.0. The minimum atomic E-state index is -0.841. The number of allylic oxidation sites excluding steroid dienone is 5. The summed E-state index contributed by atoms with van der Waals surface area (Å²) in [7, 11) is 0. The second-order valence-electron chi connectivity index (χ2n) is 24.6. The van der Waals surface area contributed by atoms with Crippen LogP contribution in [0, 0.1) is 0 Å². The first-order valence-electron chi connectivity index (χ1n) is 35.8. The van der Waals surface area contributed by atoms with Crippen LogP contribution in [0.15, 0.2) is 36.5 Å². The Kier molecular flexibility index (Phi) is 66.9. The maximum Gasteiger partial charge on any atom is 0.305 e. The van der Waals surface area contributed by atoms with Gasteiger partial charge in [0, 0.05) is 12.8 Å². The van der Waals surface area contributed by atoms with Gasteiger partial charge in [-0.15, -0.1) is 0 Å². The lowest BCUT2D eigenvalue weighted by Crippen LogP contribution is -2.45. The topological polar surface area (TPSA) is 95.9 Å². The monoisotopic (exact) mass is 1110 g/mol. The van der Waals surface area contributed by atoms with Crippen molar-refractivity contribution in [1.29, 1.82) is 0 Å². The lowest BCUT2D eigenvalue weighted by Gasteiger charge is -2.20. The zero-order chi connectivity index (χ0) is 57.1. The maximum atomic E-state index is 12.5. The Hall–Kier alpha value is -1.92. The van der Waals surface area contributed by atoms with E-state index in [-0.39, 0.29) is 18.5 Å². The molecule has 0 saturated carbocycles. The molecule has 0 aliphatic rings. The number of ether oxygens (including phenoxy) is 1. The molecule has 0 heterocycles. The summed E-state index contributed by atoms with van der Waals surface area (Å²) >= 11 is 0. The molecule has 0 radical (unpaired) electrons. The fourth-order valence-electron chi connectivity index (χ4n) is 11.2. The van der Waals surface area contributed by atoms with Gasteiger partial charge >= 0.3 is 5.97 Å². The van der Waals surface area contributed by atoms with Crippen LogP contribution >= 0.6 is 0 Å². The summed E-state index contributed by atoms with van der Waals surface area (Å²) in [5.41, 5.74) is 0. The molecule has 0 spiro atoms. The van der Waals surface area contributed by atoms with Gasteiger partial charge in [-0.2, -0.15) is 0 Å². The third kappa shape index (κ3) is 65.1. The van der Waals surface area contributed by atoms with Gasteiger partial charge in [0.05, 0.1) is 25.4 Å². The quantitative estimate of drug-likeness (QED) is 0.0320. The van der Waals surface area contributed by atoms with Gasteiger partial charge in [-0.1, -0.05) is 352 Å². The van der Waals surface area contributed by atoms with Gasteiger partial charge < -0.3 is 20.3 Å². The highest BCUT2D eigenvalue weighted by atomic mass is 16.5. The highest BCUT2D eigenvalue weighted by molar-refractivity contribution is 5.76. The van der Waals surface area contributed by atoms with Crippen molar-refractivity contribution in [3.8, 4) is 0 Å². The zero-order valence-electron chi connectivity index (χ0n) is 53.4. The van der Waals surface area contributed by atoms with Crippen LogP contribution in [0.1, 0.15) is 393 Å². The van der Waals surface area contributed by atoms with Crippen LogP contribution in [0.4, 0.5) is 0 Å². The Bertz CT molecular complexity index is 1280. The number of hydrogen-bond acceptors (Lipinski definition) is 5. The molecule has 1 amide bonds. The first-order chi connectivity index (χ1) is 39.0. The van der Waals surface area contributed by atoms with Crippen LogP contribution in [0.3, 0.4) is 0 Å². The van der Waals surface area contributed by atoms with E-state index >= 15 is 0 Å². The van der Waals surface area contributed by atoms with Crippen molar-refractivity contribution in [3.63, 3.8) is 0 Å². The number of nitrogens with one attached hydrogen (secondary N) is 1. The Labute approximate surface area is 494 Å². The fourth-order valence-corrected chi connectivity index (χ4v) is 11.2. The molecule has 0 rings (SSSR count). The van der Waals surface area contributed by atoms with Gasteiger partial charge in [0.2, 0.25) is 5.91 Å². The van der Waals surface area contributed by atoms with Gasteiger partial charge in [-0.25, -0.2) is 0 Å². The van der Waals surface area contributed by atoms with E-state index in [0.29, 0.717) is 19.4 Å². The predicted octanol–water partition coefficient (Wildman–Crippen LogP) is 23.1. The van der Waals surface area contributed by atoms with E-state index in [1.165, 1.54) is 321 Å². The van der Waals surface area contributed by atoms with E-state index in [2.05, 4.69) is 43.5 Å². The number of carbonyl (C=O) groups is 2. The molecule has 0 bridgehead atoms. The highest BCUT2D eigenvalue weighted by Crippen LogP contribution is 2.18. The number of aliphatic hydroxyl groups is 2. The van der Waals surface area contributed by atoms with E-state index < -0.39 is 12.1 Å². The number of carbonyl (C=O) groups excluding carboxylic acids is 2. The van der Waals surface area contributed by atoms with Crippen LogP contribution in [0.25, 0.3) is 0 Å². The Morgan fingerprint density at radius 2 is 0.633 bits per heavy atom. The van der Waals surface area contributed by atoms with Crippen molar-refractivity contribution in [2.45, 2.75) is 405 Å². The predicted molar refractivity (Wildman–Crippen MR) is 347 cm³/mol. The standard InChI is InChI=1S/C73H139NO5/c1-3-5-7-9-11-13-15-46-49-53-57-61-65-71(76)70(69-75)74-72(77)66-62-58-54-50-47-43-41-39-37-35-33-31-29-27-25-23-21-19-17-16-18-20-22-24-26-28-30-32-34-36-38-40-42-44-48-52-56-60-64-68-79-73(78)67-63-59-55-51-45-14-12-10-8-6-4-2/h16-17,20,22,61,65,70-71,75-76H,3-15,18-19,21,23-60,62-64,66-69H2,1-2H3,(H,74,77)/b17-16-,22-20-,65-61+. The first-order valence-corrected chi connectivity index (χ1v) is 35.8. The molecule has 0 aliphatic carbocycles. The molecule has 0 aromatic rings. The molecule has 0 fully saturated rings. The SMILES string of the molecule is CCCCCCCCCCCC/C=C/C(O)C(CO)NC(=O)CCCCCCCCCCCCCCCCCCC/C=C\C/C=C\CCCCCCCCCCCCCCCCCOC(=O)CCCCCCCCCCCCC. The average molecular weight is 1110 g/mol. The van der Waals surface area contributed by atoms with Gasteiger partial charge in [0.15, 0.2) is 0 Å². The molecular weight excluding hydrogens is 971 g/mol. The van der Waals surface area contributed by atoms with Crippen molar-refractivity contribution in [3.05, 3.63) is 36.5 Å². The summed E-state index contributed by atoms with van der Waals surface area (Å²) in [4.78, 5) is 24.5. The Morgan fingerprint density at radius 1 is 0.354 bits per heavy atom. The number of amides is 1. The highest BCUT2D eigenvalue weighted by Gasteiger charge is 2.18. The molecule has 79 heavy (non-hydrogen) atoms. The number of esters is 1. The van der Waals surface area contributed by atoms with Crippen LogP contribution < -0.4 is 5.32 Å². The first kappa shape index (κ1) is 77.1. The van der Waals surface area contributed by atoms with Gasteiger partial charge in [-0.05, 0) is 64.2 Å².